The third-order valence-electron chi connectivity index (χ3n) is 1.98. The average molecular weight is 373 g/mol. The minimum absolute atomic E-state index is 0.0914. The Labute approximate surface area is 139 Å². The van der Waals surface area contributed by atoms with Crippen LogP contribution in [0.25, 0.3) is 0 Å². The van der Waals surface area contributed by atoms with E-state index in [1.807, 2.05) is 0 Å². The summed E-state index contributed by atoms with van der Waals surface area (Å²) in [7, 11) is 0. The molecule has 11 heteroatoms. The molecule has 0 amide bonds. The number of ether oxygens (including phenoxy) is 2. The predicted octanol–water partition coefficient (Wildman–Crippen LogP) is 3.20. The highest BCUT2D eigenvalue weighted by molar-refractivity contribution is 5.76. The molecule has 1 aromatic rings. The number of esters is 1. The molecule has 142 valence electrons. The first-order valence-electron chi connectivity index (χ1n) is 6.62. The second kappa shape index (κ2) is 9.14. The van der Waals surface area contributed by atoms with Gasteiger partial charge in [-0.25, -0.2) is 4.79 Å². The number of carbonyl (C=O) groups excluding carboxylic acids is 1. The molecule has 1 N–H and O–H groups in total. The summed E-state index contributed by atoms with van der Waals surface area (Å²) in [4.78, 5) is 24.1. The molecule has 6 nitrogen and oxygen atoms in total. The molecule has 0 aliphatic rings. The van der Waals surface area contributed by atoms with Crippen molar-refractivity contribution in [1.82, 2.24) is 4.98 Å². The lowest BCUT2D eigenvalue weighted by Gasteiger charge is -2.19. The van der Waals surface area contributed by atoms with Gasteiger partial charge in [-0.2, -0.15) is 22.0 Å². The van der Waals surface area contributed by atoms with Gasteiger partial charge >= 0.3 is 24.7 Å². The van der Waals surface area contributed by atoms with Crippen molar-refractivity contribution < 1.29 is 46.1 Å². The van der Waals surface area contributed by atoms with Crippen molar-refractivity contribution in [2.75, 3.05) is 0 Å². The van der Waals surface area contributed by atoms with E-state index in [2.05, 4.69) is 14.5 Å². The standard InChI is InChI=1S/C8H7F2NO3.C6H9F3O2/c9-8(10)14-6-1-2-11-5(3-6)4-7(12)13;1-5(2,3)11-4(10)6(7,8)9/h1-3,8H,4H2,(H,12,13);1-3H3. The van der Waals surface area contributed by atoms with E-state index in [4.69, 9.17) is 5.11 Å². The monoisotopic (exact) mass is 373 g/mol. The van der Waals surface area contributed by atoms with Crippen LogP contribution in [-0.2, 0) is 20.7 Å². The molecule has 0 bridgehead atoms. The van der Waals surface area contributed by atoms with E-state index in [1.165, 1.54) is 39.1 Å². The largest absolute Gasteiger partial charge is 0.490 e. The van der Waals surface area contributed by atoms with Gasteiger partial charge in [0.15, 0.2) is 0 Å². The lowest BCUT2D eigenvalue weighted by atomic mass is 10.2. The van der Waals surface area contributed by atoms with E-state index in [0.717, 1.165) is 0 Å². The van der Waals surface area contributed by atoms with Crippen LogP contribution in [0.2, 0.25) is 0 Å². The summed E-state index contributed by atoms with van der Waals surface area (Å²) in [6.45, 7) is 1.19. The third kappa shape index (κ3) is 11.7. The maximum atomic E-state index is 11.8. The Balaban J connectivity index is 0.000000477. The van der Waals surface area contributed by atoms with E-state index in [9.17, 15) is 31.5 Å². The topological polar surface area (TPSA) is 85.7 Å². The molecule has 25 heavy (non-hydrogen) atoms. The van der Waals surface area contributed by atoms with Gasteiger partial charge in [0.25, 0.3) is 0 Å². The van der Waals surface area contributed by atoms with E-state index >= 15 is 0 Å². The van der Waals surface area contributed by atoms with Gasteiger partial charge in [-0.15, -0.1) is 0 Å². The molecule has 0 saturated heterocycles. The quantitative estimate of drug-likeness (QED) is 0.644. The number of hydrogen-bond acceptors (Lipinski definition) is 5. The fraction of sp³-hybridized carbons (Fsp3) is 0.500. The number of nitrogens with zero attached hydrogens (tertiary/aromatic N) is 1. The lowest BCUT2D eigenvalue weighted by molar-refractivity contribution is -0.210. The zero-order valence-corrected chi connectivity index (χ0v) is 13.4. The Morgan fingerprint density at radius 1 is 1.24 bits per heavy atom. The van der Waals surface area contributed by atoms with Crippen LogP contribution in [0.5, 0.6) is 5.75 Å². The highest BCUT2D eigenvalue weighted by Gasteiger charge is 2.42. The second-order valence-corrected chi connectivity index (χ2v) is 5.43. The van der Waals surface area contributed by atoms with Crippen LogP contribution in [0, 0.1) is 0 Å². The number of rotatable bonds is 4. The molecule has 0 saturated carbocycles. The zero-order valence-electron chi connectivity index (χ0n) is 13.4. The highest BCUT2D eigenvalue weighted by atomic mass is 19.4. The Kier molecular flexibility index (Phi) is 8.24. The molecule has 0 spiro atoms. The van der Waals surface area contributed by atoms with E-state index in [1.54, 1.807) is 0 Å². The molecule has 0 atom stereocenters. The van der Waals surface area contributed by atoms with E-state index < -0.39 is 30.3 Å². The highest BCUT2D eigenvalue weighted by Crippen LogP contribution is 2.20. The summed E-state index contributed by atoms with van der Waals surface area (Å²) in [5, 5.41) is 8.41. The van der Waals surface area contributed by atoms with Crippen LogP contribution in [0.3, 0.4) is 0 Å². The van der Waals surface area contributed by atoms with Crippen molar-refractivity contribution in [2.45, 2.75) is 45.6 Å². The molecule has 1 rings (SSSR count). The van der Waals surface area contributed by atoms with Crippen LogP contribution in [0.4, 0.5) is 22.0 Å². The van der Waals surface area contributed by atoms with Crippen molar-refractivity contribution >= 4 is 11.9 Å². The Morgan fingerprint density at radius 3 is 2.16 bits per heavy atom. The number of aliphatic carboxylic acids is 1. The molecule has 0 radical (unpaired) electrons. The Morgan fingerprint density at radius 2 is 1.80 bits per heavy atom. The van der Waals surface area contributed by atoms with Crippen LogP contribution >= 0.6 is 0 Å². The molecule has 1 heterocycles. The summed E-state index contributed by atoms with van der Waals surface area (Å²) in [6.07, 6.45) is -4.00. The normalized spacial score (nSPS) is 11.4. The van der Waals surface area contributed by atoms with Crippen LogP contribution < -0.4 is 4.74 Å². The van der Waals surface area contributed by atoms with Crippen LogP contribution in [0.15, 0.2) is 18.3 Å². The van der Waals surface area contributed by atoms with Gasteiger partial charge in [-0.3, -0.25) is 9.78 Å². The van der Waals surface area contributed by atoms with Gasteiger partial charge in [-0.05, 0) is 26.8 Å². The number of halogens is 5. The van der Waals surface area contributed by atoms with E-state index in [-0.39, 0.29) is 17.9 Å². The first kappa shape index (κ1) is 22.5. The van der Waals surface area contributed by atoms with Crippen molar-refractivity contribution in [2.24, 2.45) is 0 Å². The SMILES string of the molecule is CC(C)(C)OC(=O)C(F)(F)F.O=C(O)Cc1cc(OC(F)F)ccn1. The fourth-order valence-corrected chi connectivity index (χ4v) is 1.22. The third-order valence-corrected chi connectivity index (χ3v) is 1.98. The maximum absolute atomic E-state index is 11.8. The summed E-state index contributed by atoms with van der Waals surface area (Å²) < 4.78 is 66.1. The lowest BCUT2D eigenvalue weighted by Crippen LogP contribution is -2.33. The summed E-state index contributed by atoms with van der Waals surface area (Å²) in [5.74, 6) is -3.32. The first-order valence-corrected chi connectivity index (χ1v) is 6.62. The number of pyridine rings is 1. The first-order chi connectivity index (χ1) is 11.2. The van der Waals surface area contributed by atoms with Crippen molar-refractivity contribution in [3.63, 3.8) is 0 Å². The second-order valence-electron chi connectivity index (χ2n) is 5.43. The van der Waals surface area contributed by atoms with Gasteiger partial charge in [0.1, 0.15) is 11.4 Å². The molecular formula is C14H16F5NO5. The van der Waals surface area contributed by atoms with Crippen molar-refractivity contribution in [3.8, 4) is 5.75 Å². The van der Waals surface area contributed by atoms with Gasteiger partial charge in [0.05, 0.1) is 12.1 Å². The minimum Gasteiger partial charge on any atom is -0.481 e. The smallest absolute Gasteiger partial charge is 0.481 e. The van der Waals surface area contributed by atoms with Gasteiger partial charge in [0, 0.05) is 12.3 Å². The average Bonchev–Trinajstić information content (AvgIpc) is 2.34. The molecule has 0 fully saturated rings. The van der Waals surface area contributed by atoms with Crippen LogP contribution in [-0.4, -0.2) is 40.4 Å². The Bertz CT molecular complexity index is 584. The minimum atomic E-state index is -4.90. The Hall–Kier alpha value is -2.46. The van der Waals surface area contributed by atoms with Gasteiger partial charge in [-0.1, -0.05) is 0 Å². The number of alkyl halides is 5. The van der Waals surface area contributed by atoms with Crippen LogP contribution in [0.1, 0.15) is 26.5 Å². The summed E-state index contributed by atoms with van der Waals surface area (Å²) >= 11 is 0. The molecule has 0 aliphatic carbocycles. The van der Waals surface area contributed by atoms with Gasteiger partial charge in [0.2, 0.25) is 0 Å². The fourth-order valence-electron chi connectivity index (χ4n) is 1.22. The molecule has 0 aliphatic heterocycles. The number of carbonyl (C=O) groups is 2. The molecule has 0 unspecified atom stereocenters. The van der Waals surface area contributed by atoms with E-state index in [0.29, 0.717) is 0 Å². The maximum Gasteiger partial charge on any atom is 0.490 e. The zero-order chi connectivity index (χ0) is 19.8. The van der Waals surface area contributed by atoms with Crippen molar-refractivity contribution in [3.05, 3.63) is 24.0 Å². The predicted molar refractivity (Wildman–Crippen MR) is 74.1 cm³/mol. The summed E-state index contributed by atoms with van der Waals surface area (Å²) in [6, 6.07) is 2.40. The molecule has 0 aromatic carbocycles. The number of carboxylic acid groups (broad SMARTS) is 1. The number of hydrogen-bond donors (Lipinski definition) is 1. The number of aromatic nitrogens is 1. The molecule has 1 aromatic heterocycles. The molecular weight excluding hydrogens is 357 g/mol. The van der Waals surface area contributed by atoms with Gasteiger partial charge < -0.3 is 14.6 Å². The summed E-state index contributed by atoms with van der Waals surface area (Å²) in [5.41, 5.74) is -0.914. The number of carboxylic acids is 1. The van der Waals surface area contributed by atoms with Crippen molar-refractivity contribution in [1.29, 1.82) is 0 Å².